The van der Waals surface area contributed by atoms with Crippen molar-refractivity contribution in [2.45, 2.75) is 31.3 Å². The van der Waals surface area contributed by atoms with Crippen LogP contribution in [0.5, 0.6) is 5.75 Å². The summed E-state index contributed by atoms with van der Waals surface area (Å²) in [5.41, 5.74) is 0.938. The second-order valence-corrected chi connectivity index (χ2v) is 8.31. The minimum atomic E-state index is -4.47. The number of aromatic amines is 1. The summed E-state index contributed by atoms with van der Waals surface area (Å²) in [6.45, 7) is 4.33. The third-order valence-corrected chi connectivity index (χ3v) is 6.13. The third-order valence-electron chi connectivity index (χ3n) is 6.13. The summed E-state index contributed by atoms with van der Waals surface area (Å²) in [6, 6.07) is 10.2. The van der Waals surface area contributed by atoms with Crippen LogP contribution in [0.15, 0.2) is 42.5 Å². The number of nitrogens with one attached hydrogen (secondary N) is 2. The lowest BCUT2D eigenvalue weighted by Crippen LogP contribution is -2.54. The first-order valence-corrected chi connectivity index (χ1v) is 10.5. The molecule has 0 unspecified atom stereocenters. The Labute approximate surface area is 182 Å². The van der Waals surface area contributed by atoms with E-state index in [9.17, 15) is 17.6 Å². The fraction of sp³-hybridized carbons (Fsp3) is 0.391. The van der Waals surface area contributed by atoms with Crippen LogP contribution in [0.4, 0.5) is 23.2 Å². The number of nitrogens with zero attached hydrogens (tertiary/aromatic N) is 1. The van der Waals surface area contributed by atoms with Gasteiger partial charge in [0.15, 0.2) is 0 Å². The number of ether oxygens (including phenoxy) is 2. The summed E-state index contributed by atoms with van der Waals surface area (Å²) in [7, 11) is 0. The zero-order chi connectivity index (χ0) is 22.5. The quantitative estimate of drug-likeness (QED) is 0.555. The van der Waals surface area contributed by atoms with E-state index in [1.54, 1.807) is 24.3 Å². The van der Waals surface area contributed by atoms with Gasteiger partial charge in [0.2, 0.25) is 0 Å². The zero-order valence-electron chi connectivity index (χ0n) is 17.4. The molecule has 0 radical (unpaired) electrons. The third kappa shape index (κ3) is 3.91. The Hall–Kier alpha value is -2.78. The second-order valence-electron chi connectivity index (χ2n) is 8.31. The van der Waals surface area contributed by atoms with Gasteiger partial charge in [0, 0.05) is 41.3 Å². The van der Waals surface area contributed by atoms with Crippen molar-refractivity contribution in [3.05, 3.63) is 59.5 Å². The summed E-state index contributed by atoms with van der Waals surface area (Å²) in [6.07, 6.45) is -4.41. The van der Waals surface area contributed by atoms with Gasteiger partial charge in [-0.05, 0) is 31.2 Å². The molecule has 5 nitrogen and oxygen atoms in total. The Morgan fingerprint density at radius 3 is 2.78 bits per heavy atom. The van der Waals surface area contributed by atoms with Crippen LogP contribution in [0, 0.1) is 5.82 Å². The molecule has 2 N–H and O–H groups in total. The molecule has 1 fully saturated rings. The van der Waals surface area contributed by atoms with Crippen LogP contribution < -0.4 is 10.1 Å². The van der Waals surface area contributed by atoms with Gasteiger partial charge in [-0.2, -0.15) is 13.2 Å². The number of fused-ring (bicyclic) bond motifs is 2. The molecule has 2 aliphatic rings. The van der Waals surface area contributed by atoms with E-state index < -0.39 is 17.7 Å². The molecule has 0 aliphatic carbocycles. The molecular weight excluding hydrogens is 426 g/mol. The zero-order valence-corrected chi connectivity index (χ0v) is 17.4. The van der Waals surface area contributed by atoms with Gasteiger partial charge in [-0.3, -0.25) is 4.90 Å². The van der Waals surface area contributed by atoms with E-state index >= 15 is 0 Å². The van der Waals surface area contributed by atoms with Crippen molar-refractivity contribution in [2.24, 2.45) is 0 Å². The number of alkyl halides is 3. The molecule has 32 heavy (non-hydrogen) atoms. The number of anilines is 1. The highest BCUT2D eigenvalue weighted by molar-refractivity contribution is 5.93. The van der Waals surface area contributed by atoms with Crippen molar-refractivity contribution in [1.82, 2.24) is 9.88 Å². The summed E-state index contributed by atoms with van der Waals surface area (Å²) in [4.78, 5) is 4.71. The van der Waals surface area contributed by atoms with Gasteiger partial charge >= 0.3 is 6.18 Å². The van der Waals surface area contributed by atoms with Crippen LogP contribution in [0.2, 0.25) is 0 Å². The minimum absolute atomic E-state index is 0.0569. The molecule has 5 rings (SSSR count). The molecule has 1 saturated heterocycles. The SMILES string of the molecule is C[C@@H]1CN([C@H]2COc3cc(F)ccc3[C@@H]2Nc2cccc3[nH]c(C(F)(F)F)cc23)CCO1. The maximum atomic E-state index is 13.8. The molecule has 0 amide bonds. The first-order valence-electron chi connectivity index (χ1n) is 10.5. The number of aromatic nitrogens is 1. The number of morpholine rings is 1. The maximum absolute atomic E-state index is 13.8. The number of hydrogen-bond donors (Lipinski definition) is 2. The molecule has 3 heterocycles. The highest BCUT2D eigenvalue weighted by Crippen LogP contribution is 2.40. The highest BCUT2D eigenvalue weighted by Gasteiger charge is 2.38. The number of H-pyrrole nitrogens is 1. The molecule has 9 heteroatoms. The van der Waals surface area contributed by atoms with Crippen LogP contribution in [0.3, 0.4) is 0 Å². The number of halogens is 4. The highest BCUT2D eigenvalue weighted by atomic mass is 19.4. The van der Waals surface area contributed by atoms with E-state index in [4.69, 9.17) is 9.47 Å². The largest absolute Gasteiger partial charge is 0.491 e. The molecule has 0 spiro atoms. The number of rotatable bonds is 3. The van der Waals surface area contributed by atoms with Gasteiger partial charge in [-0.1, -0.05) is 12.1 Å². The Morgan fingerprint density at radius 1 is 1.16 bits per heavy atom. The van der Waals surface area contributed by atoms with Gasteiger partial charge < -0.3 is 19.8 Å². The smallest absolute Gasteiger partial charge is 0.431 e. The Morgan fingerprint density at radius 2 is 2.00 bits per heavy atom. The standard InChI is InChI=1S/C23H23F4N3O2/c1-13-11-30(7-8-31-13)19-12-32-20-9-14(24)5-6-15(20)22(19)29-18-4-2-3-17-16(18)10-21(28-17)23(25,26)27/h2-6,9-10,13,19,22,28-29H,7-8,11-12H2,1H3/t13-,19+,22+/m1/s1. The monoisotopic (exact) mass is 449 g/mol. The summed E-state index contributed by atoms with van der Waals surface area (Å²) in [5, 5.41) is 3.90. The van der Waals surface area contributed by atoms with E-state index in [-0.39, 0.29) is 18.2 Å². The molecule has 3 aromatic rings. The maximum Gasteiger partial charge on any atom is 0.431 e. The van der Waals surface area contributed by atoms with Gasteiger partial charge in [-0.25, -0.2) is 4.39 Å². The lowest BCUT2D eigenvalue weighted by atomic mass is 9.93. The van der Waals surface area contributed by atoms with Gasteiger partial charge in [-0.15, -0.1) is 0 Å². The summed E-state index contributed by atoms with van der Waals surface area (Å²) >= 11 is 0. The van der Waals surface area contributed by atoms with Crippen molar-refractivity contribution in [3.63, 3.8) is 0 Å². The summed E-state index contributed by atoms with van der Waals surface area (Å²) in [5.74, 6) is 0.0424. The fourth-order valence-electron chi connectivity index (χ4n) is 4.61. The predicted octanol–water partition coefficient (Wildman–Crippen LogP) is 4.96. The second kappa shape index (κ2) is 7.97. The number of hydrogen-bond acceptors (Lipinski definition) is 4. The topological polar surface area (TPSA) is 49.5 Å². The van der Waals surface area contributed by atoms with Crippen LogP contribution in [0.25, 0.3) is 10.9 Å². The Balaban J connectivity index is 1.55. The van der Waals surface area contributed by atoms with Crippen LogP contribution in [-0.2, 0) is 10.9 Å². The van der Waals surface area contributed by atoms with Crippen molar-refractivity contribution in [2.75, 3.05) is 31.6 Å². The van der Waals surface area contributed by atoms with Crippen molar-refractivity contribution < 1.29 is 27.0 Å². The Kier molecular flexibility index (Phi) is 5.25. The Bertz CT molecular complexity index is 1130. The van der Waals surface area contributed by atoms with Crippen molar-refractivity contribution >= 4 is 16.6 Å². The molecule has 0 saturated carbocycles. The van der Waals surface area contributed by atoms with Crippen LogP contribution in [-0.4, -0.2) is 48.3 Å². The molecule has 170 valence electrons. The van der Waals surface area contributed by atoms with E-state index in [1.807, 2.05) is 6.92 Å². The lowest BCUT2D eigenvalue weighted by molar-refractivity contribution is -0.140. The van der Waals surface area contributed by atoms with Crippen molar-refractivity contribution in [1.29, 1.82) is 0 Å². The van der Waals surface area contributed by atoms with E-state index in [0.29, 0.717) is 48.6 Å². The molecular formula is C23H23F4N3O2. The van der Waals surface area contributed by atoms with Crippen molar-refractivity contribution in [3.8, 4) is 5.75 Å². The normalized spacial score (nSPS) is 24.2. The lowest BCUT2D eigenvalue weighted by Gasteiger charge is -2.44. The van der Waals surface area contributed by atoms with Gasteiger partial charge in [0.1, 0.15) is 23.9 Å². The van der Waals surface area contributed by atoms with E-state index in [1.165, 1.54) is 12.1 Å². The fourth-order valence-corrected chi connectivity index (χ4v) is 4.61. The number of benzene rings is 2. The van der Waals surface area contributed by atoms with E-state index in [0.717, 1.165) is 11.6 Å². The first kappa shape index (κ1) is 21.1. The van der Waals surface area contributed by atoms with Crippen LogP contribution >= 0.6 is 0 Å². The molecule has 2 aliphatic heterocycles. The minimum Gasteiger partial charge on any atom is -0.491 e. The predicted molar refractivity (Wildman–Crippen MR) is 112 cm³/mol. The molecule has 3 atom stereocenters. The molecule has 0 bridgehead atoms. The molecule has 2 aromatic carbocycles. The molecule has 1 aromatic heterocycles. The summed E-state index contributed by atoms with van der Waals surface area (Å²) < 4.78 is 65.2. The van der Waals surface area contributed by atoms with Crippen LogP contribution in [0.1, 0.15) is 24.2 Å². The first-order chi connectivity index (χ1) is 15.3. The van der Waals surface area contributed by atoms with Gasteiger partial charge in [0.05, 0.1) is 24.8 Å². The van der Waals surface area contributed by atoms with E-state index in [2.05, 4.69) is 15.2 Å². The average Bonchev–Trinajstić information content (AvgIpc) is 3.20. The van der Waals surface area contributed by atoms with Gasteiger partial charge in [0.25, 0.3) is 0 Å². The average molecular weight is 449 g/mol.